The van der Waals surface area contributed by atoms with E-state index in [1.165, 1.54) is 37.1 Å². The molecule has 0 aliphatic rings. The van der Waals surface area contributed by atoms with Crippen molar-refractivity contribution in [1.29, 1.82) is 0 Å². The number of aromatic nitrogens is 2. The molecule has 0 atom stereocenters. The highest BCUT2D eigenvalue weighted by atomic mass is 32.2. The summed E-state index contributed by atoms with van der Waals surface area (Å²) >= 11 is 1.25. The number of rotatable bonds is 5. The van der Waals surface area contributed by atoms with Crippen molar-refractivity contribution in [2.75, 3.05) is 13.4 Å². The molecule has 0 amide bonds. The van der Waals surface area contributed by atoms with Crippen molar-refractivity contribution in [3.05, 3.63) is 47.3 Å². The quantitative estimate of drug-likeness (QED) is 0.309. The Morgan fingerprint density at radius 1 is 1.26 bits per heavy atom. The van der Waals surface area contributed by atoms with Crippen LogP contribution in [0.1, 0.15) is 23.9 Å². The summed E-state index contributed by atoms with van der Waals surface area (Å²) in [5, 5.41) is 0.447. The lowest BCUT2D eigenvalue weighted by Gasteiger charge is -2.16. The van der Waals surface area contributed by atoms with Crippen LogP contribution in [-0.2, 0) is 15.7 Å². The first kappa shape index (κ1) is 20.8. The van der Waals surface area contributed by atoms with Gasteiger partial charge in [0.05, 0.1) is 23.8 Å². The van der Waals surface area contributed by atoms with E-state index >= 15 is 0 Å². The third-order valence-electron chi connectivity index (χ3n) is 3.49. The molecule has 0 saturated carbocycles. The number of aryl methyl sites for hydroxylation is 1. The van der Waals surface area contributed by atoms with Crippen LogP contribution in [0.4, 0.5) is 13.2 Å². The molecule has 5 nitrogen and oxygen atoms in total. The molecule has 0 aliphatic carbocycles. The van der Waals surface area contributed by atoms with Crippen LogP contribution in [0.2, 0.25) is 0 Å². The number of hydrogen-bond donors (Lipinski definition) is 0. The van der Waals surface area contributed by atoms with Crippen molar-refractivity contribution in [3.63, 3.8) is 0 Å². The molecule has 144 valence electrons. The van der Waals surface area contributed by atoms with Crippen molar-refractivity contribution >= 4 is 23.3 Å². The van der Waals surface area contributed by atoms with Gasteiger partial charge in [0.15, 0.2) is 0 Å². The minimum absolute atomic E-state index is 0.0234. The van der Waals surface area contributed by atoms with Gasteiger partial charge in [0, 0.05) is 0 Å². The van der Waals surface area contributed by atoms with Crippen molar-refractivity contribution in [2.45, 2.75) is 25.0 Å². The third-order valence-corrected chi connectivity index (χ3v) is 4.17. The zero-order valence-corrected chi connectivity index (χ0v) is 15.9. The van der Waals surface area contributed by atoms with Crippen molar-refractivity contribution < 1.29 is 27.4 Å². The van der Waals surface area contributed by atoms with E-state index < -0.39 is 17.7 Å². The topological polar surface area (TPSA) is 61.3 Å². The number of ether oxygens (including phenoxy) is 2. The first-order chi connectivity index (χ1) is 12.7. The van der Waals surface area contributed by atoms with E-state index in [2.05, 4.69) is 9.97 Å². The molecule has 0 aliphatic heterocycles. The second-order valence-corrected chi connectivity index (χ2v) is 6.08. The second kappa shape index (κ2) is 8.43. The van der Waals surface area contributed by atoms with E-state index in [9.17, 15) is 18.0 Å². The fraction of sp³-hybridized carbons (Fsp3) is 0.278. The number of carbonyl (C=O) groups excluding carboxylic acids is 1. The predicted molar refractivity (Wildman–Crippen MR) is 95.7 cm³/mol. The normalized spacial score (nSPS) is 12.0. The SMILES string of the molecule is CC=C(C(=O)OC)c1c(Oc2cccc(C(F)(F)F)c2)nc(C)nc1SC. The molecule has 0 N–H and O–H groups in total. The van der Waals surface area contributed by atoms with Crippen molar-refractivity contribution in [3.8, 4) is 11.6 Å². The van der Waals surface area contributed by atoms with Crippen LogP contribution in [0.5, 0.6) is 11.6 Å². The summed E-state index contributed by atoms with van der Waals surface area (Å²) in [6.07, 6.45) is -1.24. The summed E-state index contributed by atoms with van der Waals surface area (Å²) in [5.74, 6) is -0.360. The largest absolute Gasteiger partial charge is 0.465 e. The van der Waals surface area contributed by atoms with Gasteiger partial charge < -0.3 is 9.47 Å². The molecule has 0 spiro atoms. The molecule has 2 aromatic rings. The van der Waals surface area contributed by atoms with E-state index in [1.807, 2.05) is 0 Å². The average Bonchev–Trinajstić information content (AvgIpc) is 2.62. The number of nitrogens with zero attached hydrogens (tertiary/aromatic N) is 2. The maximum Gasteiger partial charge on any atom is 0.416 e. The number of esters is 1. The smallest absolute Gasteiger partial charge is 0.416 e. The van der Waals surface area contributed by atoms with Crippen LogP contribution in [-0.4, -0.2) is 29.3 Å². The molecule has 0 bridgehead atoms. The van der Waals surface area contributed by atoms with Gasteiger partial charge in [-0.05, 0) is 38.3 Å². The molecule has 2 rings (SSSR count). The van der Waals surface area contributed by atoms with E-state index in [0.29, 0.717) is 10.9 Å². The predicted octanol–water partition coefficient (Wildman–Crippen LogP) is 4.89. The third kappa shape index (κ3) is 4.79. The molecule has 0 fully saturated rings. The van der Waals surface area contributed by atoms with E-state index in [1.54, 1.807) is 20.1 Å². The molecule has 0 saturated heterocycles. The number of methoxy groups -OCH3 is 1. The number of halogens is 3. The molecule has 1 aromatic heterocycles. The summed E-state index contributed by atoms with van der Waals surface area (Å²) in [6.45, 7) is 3.25. The molecule has 9 heteroatoms. The Kier molecular flexibility index (Phi) is 6.48. The molecular weight excluding hydrogens is 381 g/mol. The molecule has 1 heterocycles. The highest BCUT2D eigenvalue weighted by Crippen LogP contribution is 2.37. The molecule has 1 aromatic carbocycles. The summed E-state index contributed by atoms with van der Waals surface area (Å²) in [7, 11) is 1.23. The van der Waals surface area contributed by atoms with Crippen LogP contribution in [0.3, 0.4) is 0 Å². The van der Waals surface area contributed by atoms with Gasteiger partial charge in [-0.25, -0.2) is 9.78 Å². The minimum Gasteiger partial charge on any atom is -0.465 e. The van der Waals surface area contributed by atoms with Crippen LogP contribution >= 0.6 is 11.8 Å². The zero-order chi connectivity index (χ0) is 20.2. The highest BCUT2D eigenvalue weighted by Gasteiger charge is 2.31. The average molecular weight is 398 g/mol. The van der Waals surface area contributed by atoms with Gasteiger partial charge in [-0.2, -0.15) is 18.2 Å². The number of benzene rings is 1. The van der Waals surface area contributed by atoms with E-state index in [4.69, 9.17) is 9.47 Å². The molecule has 0 unspecified atom stereocenters. The second-order valence-electron chi connectivity index (χ2n) is 5.28. The summed E-state index contributed by atoms with van der Waals surface area (Å²) in [4.78, 5) is 20.6. The standard InChI is InChI=1S/C18H17F3N2O3S/c1-5-13(17(24)25-3)14-15(22-10(2)23-16(14)27-4)26-12-8-6-7-11(9-12)18(19,20)21/h5-9H,1-4H3. The van der Waals surface area contributed by atoms with Crippen molar-refractivity contribution in [1.82, 2.24) is 9.97 Å². The number of hydrogen-bond acceptors (Lipinski definition) is 6. The fourth-order valence-corrected chi connectivity index (χ4v) is 2.92. The lowest BCUT2D eigenvalue weighted by atomic mass is 10.1. The Labute approximate surface area is 158 Å². The molecule has 27 heavy (non-hydrogen) atoms. The van der Waals surface area contributed by atoms with Gasteiger partial charge in [-0.1, -0.05) is 12.1 Å². The van der Waals surface area contributed by atoms with Crippen LogP contribution in [0.25, 0.3) is 5.57 Å². The van der Waals surface area contributed by atoms with Gasteiger partial charge in [0.25, 0.3) is 0 Å². The lowest BCUT2D eigenvalue weighted by Crippen LogP contribution is -2.10. The Hall–Kier alpha value is -2.55. The van der Waals surface area contributed by atoms with Gasteiger partial charge in [-0.3, -0.25) is 0 Å². The summed E-state index contributed by atoms with van der Waals surface area (Å²) < 4.78 is 49.3. The molecule has 0 radical (unpaired) electrons. The minimum atomic E-state index is -4.51. The molecular formula is C18H17F3N2O3S. The van der Waals surface area contributed by atoms with E-state index in [0.717, 1.165) is 12.1 Å². The number of carbonyl (C=O) groups is 1. The Bertz CT molecular complexity index is 883. The van der Waals surface area contributed by atoms with E-state index in [-0.39, 0.29) is 22.8 Å². The Balaban J connectivity index is 2.60. The number of alkyl halides is 3. The highest BCUT2D eigenvalue weighted by molar-refractivity contribution is 7.98. The Morgan fingerprint density at radius 2 is 1.96 bits per heavy atom. The lowest BCUT2D eigenvalue weighted by molar-refractivity contribution is -0.137. The summed E-state index contributed by atoms with van der Waals surface area (Å²) in [5.41, 5.74) is -0.430. The monoisotopic (exact) mass is 398 g/mol. The maximum atomic E-state index is 12.9. The maximum absolute atomic E-state index is 12.9. The van der Waals surface area contributed by atoms with Gasteiger partial charge >= 0.3 is 12.1 Å². The van der Waals surface area contributed by atoms with Crippen LogP contribution < -0.4 is 4.74 Å². The van der Waals surface area contributed by atoms with Crippen LogP contribution in [0.15, 0.2) is 35.4 Å². The van der Waals surface area contributed by atoms with Crippen LogP contribution in [0, 0.1) is 6.92 Å². The summed E-state index contributed by atoms with van der Waals surface area (Å²) in [6, 6.07) is 4.42. The van der Waals surface area contributed by atoms with Gasteiger partial charge in [0.1, 0.15) is 16.6 Å². The van der Waals surface area contributed by atoms with Crippen molar-refractivity contribution in [2.24, 2.45) is 0 Å². The first-order valence-corrected chi connectivity index (χ1v) is 8.96. The number of thioether (sulfide) groups is 1. The Morgan fingerprint density at radius 3 is 2.52 bits per heavy atom. The van der Waals surface area contributed by atoms with Gasteiger partial charge in [0.2, 0.25) is 5.88 Å². The van der Waals surface area contributed by atoms with Gasteiger partial charge in [-0.15, -0.1) is 11.8 Å². The fourth-order valence-electron chi connectivity index (χ4n) is 2.30. The number of allylic oxidation sites excluding steroid dienone is 1. The zero-order valence-electron chi connectivity index (χ0n) is 15.0. The first-order valence-electron chi connectivity index (χ1n) is 7.74.